The predicted molar refractivity (Wildman–Crippen MR) is 573 cm³/mol. The van der Waals surface area contributed by atoms with Gasteiger partial charge in [0.1, 0.15) is 0 Å². The zero-order chi connectivity index (χ0) is 97.2. The molecule has 0 aliphatic rings. The normalized spacial score (nSPS) is 12.7. The summed E-state index contributed by atoms with van der Waals surface area (Å²) < 4.78 is 23.9. The van der Waals surface area contributed by atoms with Crippen LogP contribution >= 0.6 is 0 Å². The van der Waals surface area contributed by atoms with Crippen LogP contribution in [-0.2, 0) is 47.7 Å². The minimum Gasteiger partial charge on any atom is -0.465 e. The van der Waals surface area contributed by atoms with Crippen molar-refractivity contribution in [3.05, 3.63) is 0 Å². The van der Waals surface area contributed by atoms with E-state index in [1.165, 1.54) is 308 Å². The lowest BCUT2D eigenvalue weighted by Gasteiger charge is -2.33. The smallest absolute Gasteiger partial charge is 0.308 e. The Balaban J connectivity index is 5.13. The summed E-state index contributed by atoms with van der Waals surface area (Å²) in [6.45, 7) is 23.9. The van der Waals surface area contributed by atoms with Gasteiger partial charge < -0.3 is 38.5 Å². The predicted octanol–water partition coefficient (Wildman–Crippen LogP) is 35.2. The summed E-state index contributed by atoms with van der Waals surface area (Å²) in [6.07, 6.45) is 99.1. The largest absolute Gasteiger partial charge is 0.465 e. The lowest BCUT2D eigenvalue weighted by atomic mass is 9.94. The van der Waals surface area contributed by atoms with E-state index in [0.717, 1.165) is 264 Å². The van der Waals surface area contributed by atoms with E-state index < -0.39 is 0 Å². The molecule has 2 amide bonds. The van der Waals surface area contributed by atoms with Crippen molar-refractivity contribution in [3.63, 3.8) is 0 Å². The molecule has 0 aromatic rings. The molecule has 0 heterocycles. The molecule has 133 heavy (non-hydrogen) atoms. The van der Waals surface area contributed by atoms with Gasteiger partial charge in [0.25, 0.3) is 0 Å². The quantitative estimate of drug-likeness (QED) is 0.0324. The summed E-state index contributed by atoms with van der Waals surface area (Å²) in [4.78, 5) is 91.2. The highest BCUT2D eigenvalue weighted by Gasteiger charge is 2.28. The molecule has 0 saturated carbocycles. The molecule has 0 aliphatic heterocycles. The molecule has 0 radical (unpaired) electrons. The monoisotopic (exact) mass is 1880 g/mol. The van der Waals surface area contributed by atoms with E-state index in [4.69, 9.17) is 18.9 Å². The van der Waals surface area contributed by atoms with Gasteiger partial charge in [0, 0.05) is 38.0 Å². The Morgan fingerprint density at radius 1 is 0.173 bits per heavy atom. The first-order valence-electron chi connectivity index (χ1n) is 59.6. The minimum atomic E-state index is 0.0244. The number of nitrogens with zero attached hydrogens (tertiary/aromatic N) is 4. The van der Waals surface area contributed by atoms with Crippen molar-refractivity contribution in [1.29, 1.82) is 0 Å². The average Bonchev–Trinajstić information content (AvgIpc) is 0.885. The van der Waals surface area contributed by atoms with Crippen molar-refractivity contribution in [2.75, 3.05) is 80.8 Å². The molecule has 0 saturated heterocycles. The number of unbranched alkanes of at least 4 members (excludes halogenated alkanes) is 58. The van der Waals surface area contributed by atoms with Crippen LogP contribution in [-0.4, -0.2) is 148 Å². The third-order valence-corrected chi connectivity index (χ3v) is 29.1. The minimum absolute atomic E-state index is 0.0244. The molecular weight excluding hydrogens is 1650 g/mol. The van der Waals surface area contributed by atoms with E-state index in [1.54, 1.807) is 0 Å². The van der Waals surface area contributed by atoms with Gasteiger partial charge in [0.05, 0.1) is 50.1 Å². The number of esters is 4. The topological polar surface area (TPSA) is 152 Å². The van der Waals surface area contributed by atoms with E-state index in [2.05, 4.69) is 103 Å². The first-order chi connectivity index (χ1) is 65.1. The Kier molecular flexibility index (Phi) is 99.2. The first-order valence-corrected chi connectivity index (χ1v) is 59.6. The van der Waals surface area contributed by atoms with Crippen molar-refractivity contribution >= 4 is 35.7 Å². The van der Waals surface area contributed by atoms with Crippen LogP contribution < -0.4 is 0 Å². The molecule has 0 aliphatic carbocycles. The van der Waals surface area contributed by atoms with E-state index >= 15 is 0 Å². The van der Waals surface area contributed by atoms with Gasteiger partial charge in [-0.3, -0.25) is 28.8 Å². The van der Waals surface area contributed by atoms with Gasteiger partial charge in [-0.15, -0.1) is 0 Å². The molecule has 4 atom stereocenters. The number of hydrogen-bond donors (Lipinski definition) is 0. The summed E-state index contributed by atoms with van der Waals surface area (Å²) in [5.74, 6) is 1.15. The summed E-state index contributed by atoms with van der Waals surface area (Å²) in [6, 6.07) is 0.619. The van der Waals surface area contributed by atoms with Crippen molar-refractivity contribution in [3.8, 4) is 0 Å². The maximum absolute atomic E-state index is 14.2. The summed E-state index contributed by atoms with van der Waals surface area (Å²) in [5, 5.41) is 0. The van der Waals surface area contributed by atoms with Crippen LogP contribution in [0, 0.1) is 23.7 Å². The highest BCUT2D eigenvalue weighted by Crippen LogP contribution is 2.30. The van der Waals surface area contributed by atoms with Crippen LogP contribution in [0.3, 0.4) is 0 Å². The Hall–Kier alpha value is -3.26. The second kappa shape index (κ2) is 102. The van der Waals surface area contributed by atoms with Crippen molar-refractivity contribution in [2.24, 2.45) is 23.7 Å². The Morgan fingerprint density at radius 3 is 0.504 bits per heavy atom. The number of carbonyl (C=O) groups is 6. The van der Waals surface area contributed by atoms with Crippen molar-refractivity contribution in [2.45, 2.75) is 626 Å². The highest BCUT2D eigenvalue weighted by molar-refractivity contribution is 5.77. The molecule has 0 bridgehead atoms. The van der Waals surface area contributed by atoms with E-state index in [9.17, 15) is 28.8 Å². The van der Waals surface area contributed by atoms with Gasteiger partial charge in [0.15, 0.2) is 0 Å². The van der Waals surface area contributed by atoms with Crippen LogP contribution in [0.15, 0.2) is 0 Å². The molecule has 788 valence electrons. The number of carbonyl (C=O) groups excluding carboxylic acids is 6. The van der Waals surface area contributed by atoms with Crippen LogP contribution in [0.25, 0.3) is 0 Å². The average molecular weight is 1880 g/mol. The van der Waals surface area contributed by atoms with Crippen LogP contribution in [0.2, 0.25) is 0 Å². The molecule has 4 unspecified atom stereocenters. The van der Waals surface area contributed by atoms with Gasteiger partial charge in [-0.1, -0.05) is 473 Å². The van der Waals surface area contributed by atoms with E-state index in [1.807, 2.05) is 0 Å². The maximum atomic E-state index is 14.2. The Labute approximate surface area is 828 Å². The second-order valence-electron chi connectivity index (χ2n) is 42.5. The maximum Gasteiger partial charge on any atom is 0.308 e. The van der Waals surface area contributed by atoms with Gasteiger partial charge in [-0.25, -0.2) is 0 Å². The molecule has 0 N–H and O–H groups in total. The summed E-state index contributed by atoms with van der Waals surface area (Å²) in [7, 11) is 8.58. The molecule has 0 spiro atoms. The zero-order valence-electron chi connectivity index (χ0n) is 91.5. The highest BCUT2D eigenvalue weighted by atomic mass is 16.5. The SMILES string of the molecule is CCCCCCCCC(=O)N(CCCN(C)C)C(CCCCCCCCOC(=O)C(CCCCCC)CCCCCC)CCCCCCCCOC(=O)C(CCCCCC)CCCCCCCCCCCCC(CCCCCC)C(=O)OCCCCCCCCCC(CCCCCCCCCOC(=O)C(CCCCCC)CCCCCC)N(CCCN(C)C)C(=O)CCCCCCC. The molecule has 14 heteroatoms. The molecule has 0 fully saturated rings. The van der Waals surface area contributed by atoms with Gasteiger partial charge in [-0.2, -0.15) is 0 Å². The molecule has 0 rings (SSSR count). The van der Waals surface area contributed by atoms with Crippen molar-refractivity contribution < 1.29 is 47.7 Å². The first kappa shape index (κ1) is 130. The Bertz CT molecular complexity index is 2460. The third-order valence-electron chi connectivity index (χ3n) is 29.1. The van der Waals surface area contributed by atoms with Gasteiger partial charge in [0.2, 0.25) is 11.8 Å². The fourth-order valence-corrected chi connectivity index (χ4v) is 20.2. The molecular formula is C119H232N4O10. The van der Waals surface area contributed by atoms with E-state index in [-0.39, 0.29) is 47.5 Å². The number of hydrogen-bond acceptors (Lipinski definition) is 12. The summed E-state index contributed by atoms with van der Waals surface area (Å²) in [5.41, 5.74) is 0. The second-order valence-corrected chi connectivity index (χ2v) is 42.5. The summed E-state index contributed by atoms with van der Waals surface area (Å²) >= 11 is 0. The van der Waals surface area contributed by atoms with Crippen LogP contribution in [0.1, 0.15) is 614 Å². The Morgan fingerprint density at radius 2 is 0.323 bits per heavy atom. The fraction of sp³-hybridized carbons (Fsp3) is 0.950. The van der Waals surface area contributed by atoms with E-state index in [0.29, 0.717) is 63.2 Å². The lowest BCUT2D eigenvalue weighted by Crippen LogP contribution is -2.41. The molecule has 0 aromatic carbocycles. The zero-order valence-corrected chi connectivity index (χ0v) is 91.5. The third kappa shape index (κ3) is 84.2. The van der Waals surface area contributed by atoms with Crippen LogP contribution in [0.4, 0.5) is 0 Å². The van der Waals surface area contributed by atoms with Crippen molar-refractivity contribution in [1.82, 2.24) is 19.6 Å². The standard InChI is InChI=1S/C119H232N4O10/c1-13-21-29-37-61-79-99-115(125)123(103-85-101-121(11)12)113(96-76-59-48-52-64-82-106-131-117(127)109(88-68-33-25-17-5)89-69-34-26-18-6)97-77-60-49-53-65-83-107-133-119(129)111(91-71-36-28-20-8)93-73-56-45-41-39-38-40-44-55-72-92-110(90-70-35-27-19-7)118(128)132-105-81-63-51-43-47-58-75-95-112(122(102-84-100-120(9)10)114(124)98-78-54-30-22-14-2)94-74-57-46-42-50-62-80-104-130-116(126)108(86-66-31-23-15-3)87-67-32-24-16-4/h108-113H,13-107H2,1-12H3. The number of rotatable bonds is 108. The fourth-order valence-electron chi connectivity index (χ4n) is 20.2. The van der Waals surface area contributed by atoms with Crippen LogP contribution in [0.5, 0.6) is 0 Å². The van der Waals surface area contributed by atoms with Gasteiger partial charge >= 0.3 is 23.9 Å². The molecule has 14 nitrogen and oxygen atoms in total. The lowest BCUT2D eigenvalue weighted by molar-refractivity contribution is -0.150. The van der Waals surface area contributed by atoms with Gasteiger partial charge in [-0.05, 0) is 170 Å². The number of ether oxygens (including phenoxy) is 4. The molecule has 0 aromatic heterocycles. The number of amides is 2.